The number of imidazole rings is 1. The van der Waals surface area contributed by atoms with Crippen molar-refractivity contribution in [3.05, 3.63) is 29.6 Å². The highest BCUT2D eigenvalue weighted by molar-refractivity contribution is 5.76. The van der Waals surface area contributed by atoms with E-state index in [9.17, 15) is 0 Å². The monoisotopic (exact) mass is 230 g/mol. The van der Waals surface area contributed by atoms with Crippen LogP contribution < -0.4 is 0 Å². The molecular formula is C15H22N2. The van der Waals surface area contributed by atoms with Crippen molar-refractivity contribution in [3.8, 4) is 0 Å². The lowest BCUT2D eigenvalue weighted by molar-refractivity contribution is 0.554. The Labute approximate surface area is 103 Å². The molecule has 17 heavy (non-hydrogen) atoms. The first-order valence-corrected chi connectivity index (χ1v) is 6.50. The van der Waals surface area contributed by atoms with E-state index in [0.29, 0.717) is 0 Å². The molecule has 2 rings (SSSR count). The molecule has 2 nitrogen and oxygen atoms in total. The highest BCUT2D eigenvalue weighted by atomic mass is 14.9. The molecule has 0 bridgehead atoms. The number of aryl methyl sites for hydroxylation is 1. The highest BCUT2D eigenvalue weighted by Crippen LogP contribution is 2.23. The Morgan fingerprint density at radius 2 is 2.00 bits per heavy atom. The van der Waals surface area contributed by atoms with Crippen LogP contribution in [0.3, 0.4) is 0 Å². The first-order chi connectivity index (χ1) is 8.00. The van der Waals surface area contributed by atoms with Crippen molar-refractivity contribution in [3.63, 3.8) is 0 Å². The van der Waals surface area contributed by atoms with Crippen molar-refractivity contribution in [1.82, 2.24) is 9.97 Å². The maximum atomic E-state index is 4.70. The second-order valence-electron chi connectivity index (χ2n) is 5.79. The van der Waals surface area contributed by atoms with Crippen LogP contribution in [0.2, 0.25) is 0 Å². The molecule has 1 aromatic carbocycles. The zero-order valence-electron chi connectivity index (χ0n) is 11.3. The number of nitrogens with zero attached hydrogens (tertiary/aromatic N) is 1. The number of hydrogen-bond donors (Lipinski definition) is 1. The third kappa shape index (κ3) is 2.68. The van der Waals surface area contributed by atoms with Crippen LogP contribution in [0.5, 0.6) is 0 Å². The Hall–Kier alpha value is -1.31. The van der Waals surface area contributed by atoms with Crippen molar-refractivity contribution in [2.75, 3.05) is 0 Å². The van der Waals surface area contributed by atoms with Gasteiger partial charge in [0.25, 0.3) is 0 Å². The number of aromatic nitrogens is 2. The molecule has 0 aliphatic carbocycles. The Balaban J connectivity index is 2.34. The zero-order chi connectivity index (χ0) is 12.5. The van der Waals surface area contributed by atoms with Gasteiger partial charge in [-0.05, 0) is 30.5 Å². The fourth-order valence-corrected chi connectivity index (χ4v) is 1.94. The molecule has 1 aromatic heterocycles. The van der Waals surface area contributed by atoms with Crippen molar-refractivity contribution in [1.29, 1.82) is 0 Å². The average molecular weight is 230 g/mol. The van der Waals surface area contributed by atoms with Gasteiger partial charge < -0.3 is 4.98 Å². The summed E-state index contributed by atoms with van der Waals surface area (Å²) in [5.74, 6) is 1.07. The molecule has 0 unspecified atom stereocenters. The van der Waals surface area contributed by atoms with Crippen LogP contribution in [0.4, 0.5) is 0 Å². The summed E-state index contributed by atoms with van der Waals surface area (Å²) in [4.78, 5) is 8.10. The molecule has 1 N–H and O–H groups in total. The summed E-state index contributed by atoms with van der Waals surface area (Å²) in [7, 11) is 0. The van der Waals surface area contributed by atoms with Crippen LogP contribution in [0.15, 0.2) is 18.2 Å². The van der Waals surface area contributed by atoms with Gasteiger partial charge in [0.15, 0.2) is 0 Å². The van der Waals surface area contributed by atoms with Crippen LogP contribution >= 0.6 is 0 Å². The zero-order valence-corrected chi connectivity index (χ0v) is 11.3. The molecule has 2 aromatic rings. The van der Waals surface area contributed by atoms with E-state index in [1.54, 1.807) is 0 Å². The Kier molecular flexibility index (Phi) is 3.23. The van der Waals surface area contributed by atoms with E-state index < -0.39 is 0 Å². The summed E-state index contributed by atoms with van der Waals surface area (Å²) in [5, 5.41) is 0. The average Bonchev–Trinajstić information content (AvgIpc) is 2.68. The van der Waals surface area contributed by atoms with Gasteiger partial charge in [-0.25, -0.2) is 4.98 Å². The SMILES string of the molecule is CCCCc1ccc2[nH]c(C(C)(C)C)nc2c1. The van der Waals surface area contributed by atoms with Gasteiger partial charge in [-0.3, -0.25) is 0 Å². The molecule has 92 valence electrons. The van der Waals surface area contributed by atoms with E-state index in [4.69, 9.17) is 4.98 Å². The molecule has 0 radical (unpaired) electrons. The van der Waals surface area contributed by atoms with E-state index in [1.165, 1.54) is 18.4 Å². The van der Waals surface area contributed by atoms with Crippen molar-refractivity contribution in [2.45, 2.75) is 52.4 Å². The molecular weight excluding hydrogens is 208 g/mol. The minimum atomic E-state index is 0.0859. The van der Waals surface area contributed by atoms with E-state index in [1.807, 2.05) is 0 Å². The topological polar surface area (TPSA) is 28.7 Å². The lowest BCUT2D eigenvalue weighted by Crippen LogP contribution is -2.12. The predicted molar refractivity (Wildman–Crippen MR) is 73.4 cm³/mol. The quantitative estimate of drug-likeness (QED) is 0.841. The first kappa shape index (κ1) is 12.2. The summed E-state index contributed by atoms with van der Waals surface area (Å²) in [6, 6.07) is 6.59. The lowest BCUT2D eigenvalue weighted by atomic mass is 9.96. The highest BCUT2D eigenvalue weighted by Gasteiger charge is 2.18. The van der Waals surface area contributed by atoms with Crippen molar-refractivity contribution >= 4 is 11.0 Å². The number of benzene rings is 1. The van der Waals surface area contributed by atoms with Crippen LogP contribution in [0, 0.1) is 0 Å². The fourth-order valence-electron chi connectivity index (χ4n) is 1.94. The van der Waals surface area contributed by atoms with Gasteiger partial charge in [0.2, 0.25) is 0 Å². The Morgan fingerprint density at radius 1 is 1.24 bits per heavy atom. The standard InChI is InChI=1S/C15H22N2/c1-5-6-7-11-8-9-12-13(10-11)17-14(16-12)15(2,3)4/h8-10H,5-7H2,1-4H3,(H,16,17). The summed E-state index contributed by atoms with van der Waals surface area (Å²) in [6.45, 7) is 8.78. The largest absolute Gasteiger partial charge is 0.342 e. The number of unbranched alkanes of at least 4 members (excludes halogenated alkanes) is 1. The number of aromatic amines is 1. The van der Waals surface area contributed by atoms with Gasteiger partial charge in [-0.15, -0.1) is 0 Å². The van der Waals surface area contributed by atoms with E-state index in [0.717, 1.165) is 23.3 Å². The van der Waals surface area contributed by atoms with Crippen molar-refractivity contribution in [2.24, 2.45) is 0 Å². The maximum Gasteiger partial charge on any atom is 0.112 e. The lowest BCUT2D eigenvalue weighted by Gasteiger charge is -2.13. The second kappa shape index (κ2) is 4.52. The molecule has 0 atom stereocenters. The van der Waals surface area contributed by atoms with Crippen LogP contribution in [0.25, 0.3) is 11.0 Å². The van der Waals surface area contributed by atoms with Gasteiger partial charge in [-0.2, -0.15) is 0 Å². The minimum absolute atomic E-state index is 0.0859. The Bertz CT molecular complexity index is 503. The molecule has 1 heterocycles. The van der Waals surface area contributed by atoms with Crippen LogP contribution in [-0.2, 0) is 11.8 Å². The molecule has 0 saturated carbocycles. The summed E-state index contributed by atoms with van der Waals surface area (Å²) >= 11 is 0. The molecule has 0 fully saturated rings. The predicted octanol–water partition coefficient (Wildman–Crippen LogP) is 4.20. The van der Waals surface area contributed by atoms with Crippen LogP contribution in [-0.4, -0.2) is 9.97 Å². The summed E-state index contributed by atoms with van der Waals surface area (Å²) < 4.78 is 0. The number of nitrogens with one attached hydrogen (secondary N) is 1. The molecule has 0 spiro atoms. The number of fused-ring (bicyclic) bond motifs is 1. The van der Waals surface area contributed by atoms with Gasteiger partial charge >= 0.3 is 0 Å². The second-order valence-corrected chi connectivity index (χ2v) is 5.79. The van der Waals surface area contributed by atoms with Gasteiger partial charge in [0, 0.05) is 5.41 Å². The number of H-pyrrole nitrogens is 1. The minimum Gasteiger partial charge on any atom is -0.342 e. The summed E-state index contributed by atoms with van der Waals surface area (Å²) in [5.41, 5.74) is 3.73. The molecule has 0 aliphatic rings. The Morgan fingerprint density at radius 3 is 2.65 bits per heavy atom. The third-order valence-electron chi connectivity index (χ3n) is 3.08. The van der Waals surface area contributed by atoms with E-state index in [2.05, 4.69) is 50.9 Å². The smallest absolute Gasteiger partial charge is 0.112 e. The maximum absolute atomic E-state index is 4.70. The fraction of sp³-hybridized carbons (Fsp3) is 0.533. The van der Waals surface area contributed by atoms with Crippen molar-refractivity contribution < 1.29 is 0 Å². The van der Waals surface area contributed by atoms with Gasteiger partial charge in [-0.1, -0.05) is 40.2 Å². The number of rotatable bonds is 3. The van der Waals surface area contributed by atoms with Gasteiger partial charge in [0.05, 0.1) is 11.0 Å². The summed E-state index contributed by atoms with van der Waals surface area (Å²) in [6.07, 6.45) is 3.65. The van der Waals surface area contributed by atoms with Gasteiger partial charge in [0.1, 0.15) is 5.82 Å². The molecule has 0 saturated heterocycles. The molecule has 0 aliphatic heterocycles. The van der Waals surface area contributed by atoms with E-state index >= 15 is 0 Å². The first-order valence-electron chi connectivity index (χ1n) is 6.50. The van der Waals surface area contributed by atoms with Crippen LogP contribution in [0.1, 0.15) is 51.9 Å². The normalized spacial score (nSPS) is 12.2. The number of hydrogen-bond acceptors (Lipinski definition) is 1. The third-order valence-corrected chi connectivity index (χ3v) is 3.08. The van der Waals surface area contributed by atoms with E-state index in [-0.39, 0.29) is 5.41 Å². The molecule has 2 heteroatoms. The molecule has 0 amide bonds.